The zero-order chi connectivity index (χ0) is 24.9. The van der Waals surface area contributed by atoms with Crippen LogP contribution in [0.1, 0.15) is 27.3 Å². The fourth-order valence-electron chi connectivity index (χ4n) is 3.78. The summed E-state index contributed by atoms with van der Waals surface area (Å²) in [7, 11) is 3.15. The van der Waals surface area contributed by atoms with Crippen LogP contribution in [0.3, 0.4) is 0 Å². The largest absolute Gasteiger partial charge is 0.495 e. The molecule has 0 bridgehead atoms. The molecule has 7 nitrogen and oxygen atoms in total. The van der Waals surface area contributed by atoms with Crippen LogP contribution in [0, 0.1) is 12.9 Å². The highest BCUT2D eigenvalue weighted by Crippen LogP contribution is 2.35. The average Bonchev–Trinajstić information content (AvgIpc) is 3.21. The molecule has 0 spiro atoms. The van der Waals surface area contributed by atoms with Crippen molar-refractivity contribution in [2.75, 3.05) is 20.7 Å². The number of nitrogens with zero attached hydrogens (tertiary/aromatic N) is 3. The fourth-order valence-corrected chi connectivity index (χ4v) is 4.94. The summed E-state index contributed by atoms with van der Waals surface area (Å²) in [6.45, 7) is 2.20. The lowest BCUT2D eigenvalue weighted by atomic mass is 10.0. The first-order chi connectivity index (χ1) is 16.9. The number of methoxy groups -OCH3 is 1. The number of carbonyl (C=O) groups excluding carboxylic acids is 2. The third kappa shape index (κ3) is 5.46. The maximum atomic E-state index is 13.7. The predicted octanol–water partition coefficient (Wildman–Crippen LogP) is 4.59. The van der Waals surface area contributed by atoms with E-state index in [2.05, 4.69) is 15.3 Å². The third-order valence-corrected chi connectivity index (χ3v) is 6.97. The van der Waals surface area contributed by atoms with Crippen LogP contribution in [0.5, 0.6) is 5.75 Å². The molecule has 9 heteroatoms. The lowest BCUT2D eigenvalue weighted by Gasteiger charge is -2.22. The molecule has 0 fully saturated rings. The molecule has 0 saturated heterocycles. The van der Waals surface area contributed by atoms with Gasteiger partial charge in [0.25, 0.3) is 5.91 Å². The van der Waals surface area contributed by atoms with Gasteiger partial charge >= 0.3 is 0 Å². The molecule has 0 saturated carbocycles. The number of amides is 2. The molecule has 0 aliphatic carbocycles. The van der Waals surface area contributed by atoms with E-state index in [0.29, 0.717) is 16.3 Å². The molecule has 0 aliphatic heterocycles. The van der Waals surface area contributed by atoms with Crippen LogP contribution < -0.4 is 10.1 Å². The van der Waals surface area contributed by atoms with Crippen molar-refractivity contribution in [1.29, 1.82) is 0 Å². The Balaban J connectivity index is 1.67. The molecule has 0 aliphatic rings. The molecule has 180 valence electrons. The van der Waals surface area contributed by atoms with Crippen molar-refractivity contribution in [3.8, 4) is 16.9 Å². The smallest absolute Gasteiger partial charge is 0.264 e. The van der Waals surface area contributed by atoms with E-state index < -0.39 is 5.95 Å². The molecule has 4 aromatic rings. The van der Waals surface area contributed by atoms with Gasteiger partial charge in [-0.2, -0.15) is 4.39 Å². The fraction of sp³-hybridized carbons (Fsp3) is 0.231. The van der Waals surface area contributed by atoms with Gasteiger partial charge in [-0.05, 0) is 53.8 Å². The van der Waals surface area contributed by atoms with Crippen molar-refractivity contribution in [2.24, 2.45) is 0 Å². The highest BCUT2D eigenvalue weighted by atomic mass is 32.1. The highest BCUT2D eigenvalue weighted by molar-refractivity contribution is 7.21. The Kier molecular flexibility index (Phi) is 7.36. The number of pyridine rings is 2. The minimum absolute atomic E-state index is 0.0992. The first kappa shape index (κ1) is 24.3. The topological polar surface area (TPSA) is 84.4 Å². The Hall–Kier alpha value is -3.85. The van der Waals surface area contributed by atoms with Gasteiger partial charge in [0.2, 0.25) is 11.9 Å². The average molecular weight is 493 g/mol. The molecular formula is C26H25FN4O3S. The van der Waals surface area contributed by atoms with Gasteiger partial charge in [-0.1, -0.05) is 12.1 Å². The number of nitrogens with one attached hydrogen (secondary N) is 1. The molecule has 0 radical (unpaired) electrons. The van der Waals surface area contributed by atoms with E-state index in [9.17, 15) is 14.0 Å². The molecule has 3 aromatic heterocycles. The van der Waals surface area contributed by atoms with Crippen molar-refractivity contribution >= 4 is 33.2 Å². The molecular weight excluding hydrogens is 467 g/mol. The van der Waals surface area contributed by atoms with Gasteiger partial charge in [0.05, 0.1) is 30.4 Å². The number of fused-ring (bicyclic) bond motifs is 1. The van der Waals surface area contributed by atoms with Gasteiger partial charge in [0.1, 0.15) is 5.75 Å². The van der Waals surface area contributed by atoms with Crippen molar-refractivity contribution in [1.82, 2.24) is 20.2 Å². The number of halogens is 1. The van der Waals surface area contributed by atoms with E-state index in [4.69, 9.17) is 4.74 Å². The summed E-state index contributed by atoms with van der Waals surface area (Å²) in [6.07, 6.45) is 3.55. The first-order valence-corrected chi connectivity index (χ1v) is 11.8. The van der Waals surface area contributed by atoms with E-state index >= 15 is 0 Å². The summed E-state index contributed by atoms with van der Waals surface area (Å²) < 4.78 is 19.9. The Labute approximate surface area is 206 Å². The van der Waals surface area contributed by atoms with Gasteiger partial charge in [-0.3, -0.25) is 14.6 Å². The van der Waals surface area contributed by atoms with Crippen LogP contribution in [0.4, 0.5) is 4.39 Å². The lowest BCUT2D eigenvalue weighted by molar-refractivity contribution is -0.120. The van der Waals surface area contributed by atoms with Gasteiger partial charge in [-0.15, -0.1) is 11.3 Å². The number of hydrogen-bond acceptors (Lipinski definition) is 6. The van der Waals surface area contributed by atoms with Crippen LogP contribution in [-0.4, -0.2) is 47.4 Å². The maximum absolute atomic E-state index is 13.7. The zero-order valence-electron chi connectivity index (χ0n) is 19.7. The van der Waals surface area contributed by atoms with Crippen molar-refractivity contribution in [2.45, 2.75) is 19.9 Å². The molecule has 35 heavy (non-hydrogen) atoms. The molecule has 3 heterocycles. The molecule has 2 amide bonds. The Morgan fingerprint density at radius 1 is 1.14 bits per heavy atom. The second-order valence-corrected chi connectivity index (χ2v) is 9.03. The predicted molar refractivity (Wildman–Crippen MR) is 134 cm³/mol. The van der Waals surface area contributed by atoms with Crippen molar-refractivity contribution in [3.05, 3.63) is 76.9 Å². The quantitative estimate of drug-likeness (QED) is 0.364. The first-order valence-electron chi connectivity index (χ1n) is 11.0. The van der Waals surface area contributed by atoms with E-state index in [1.165, 1.54) is 17.4 Å². The summed E-state index contributed by atoms with van der Waals surface area (Å²) in [5.74, 6) is -0.347. The van der Waals surface area contributed by atoms with Gasteiger partial charge in [-0.25, -0.2) is 4.98 Å². The van der Waals surface area contributed by atoms with Gasteiger partial charge in [0, 0.05) is 36.5 Å². The zero-order valence-corrected chi connectivity index (χ0v) is 20.5. The normalized spacial score (nSPS) is 10.9. The van der Waals surface area contributed by atoms with Crippen molar-refractivity contribution < 1.29 is 18.7 Å². The Bertz CT molecular complexity index is 1390. The van der Waals surface area contributed by atoms with Crippen LogP contribution in [-0.2, 0) is 11.3 Å². The van der Waals surface area contributed by atoms with Crippen LogP contribution >= 0.6 is 11.3 Å². The van der Waals surface area contributed by atoms with Gasteiger partial charge in [0.15, 0.2) is 0 Å². The highest BCUT2D eigenvalue weighted by Gasteiger charge is 2.23. The Morgan fingerprint density at radius 2 is 1.97 bits per heavy atom. The van der Waals surface area contributed by atoms with E-state index in [0.717, 1.165) is 26.8 Å². The van der Waals surface area contributed by atoms with Gasteiger partial charge < -0.3 is 15.0 Å². The number of rotatable bonds is 8. The second-order valence-electron chi connectivity index (χ2n) is 7.98. The number of aryl methyl sites for hydroxylation is 1. The summed E-state index contributed by atoms with van der Waals surface area (Å²) in [5, 5.41) is 3.54. The standard InChI is InChI=1S/C26H25FN4O3S/c1-16-21-12-17(18-11-20(34-3)14-29-13-18)7-8-22(21)35-25(16)26(33)31(10-9-24(32)28-2)15-19-5-4-6-23(27)30-19/h4-8,11-14H,9-10,15H2,1-3H3,(H,28,32). The number of benzene rings is 1. The lowest BCUT2D eigenvalue weighted by Crippen LogP contribution is -2.34. The second kappa shape index (κ2) is 10.6. The minimum Gasteiger partial charge on any atom is -0.495 e. The maximum Gasteiger partial charge on any atom is 0.264 e. The summed E-state index contributed by atoms with van der Waals surface area (Å²) in [6, 6.07) is 12.4. The number of hydrogen-bond donors (Lipinski definition) is 1. The third-order valence-electron chi connectivity index (χ3n) is 5.71. The molecule has 1 aromatic carbocycles. The SMILES string of the molecule is CNC(=O)CCN(Cc1cccc(F)n1)C(=O)c1sc2ccc(-c3cncc(OC)c3)cc2c1C. The number of carbonyl (C=O) groups is 2. The summed E-state index contributed by atoms with van der Waals surface area (Å²) in [5.41, 5.74) is 3.14. The van der Waals surface area contributed by atoms with E-state index in [1.807, 2.05) is 31.2 Å². The Morgan fingerprint density at radius 3 is 2.71 bits per heavy atom. The summed E-state index contributed by atoms with van der Waals surface area (Å²) in [4.78, 5) is 35.7. The number of thiophene rings is 1. The van der Waals surface area contributed by atoms with Crippen LogP contribution in [0.15, 0.2) is 54.9 Å². The van der Waals surface area contributed by atoms with E-state index in [-0.39, 0.29) is 31.3 Å². The van der Waals surface area contributed by atoms with E-state index in [1.54, 1.807) is 43.6 Å². The monoisotopic (exact) mass is 492 g/mol. The van der Waals surface area contributed by atoms with Crippen LogP contribution in [0.2, 0.25) is 0 Å². The van der Waals surface area contributed by atoms with Crippen LogP contribution in [0.25, 0.3) is 21.2 Å². The molecule has 0 atom stereocenters. The number of aromatic nitrogens is 2. The summed E-state index contributed by atoms with van der Waals surface area (Å²) >= 11 is 1.40. The van der Waals surface area contributed by atoms with Crippen molar-refractivity contribution in [3.63, 3.8) is 0 Å². The molecule has 0 unspecified atom stereocenters. The number of ether oxygens (including phenoxy) is 1. The molecule has 1 N–H and O–H groups in total. The molecule has 4 rings (SSSR count). The minimum atomic E-state index is -0.612.